The number of aliphatic hydroxyl groups is 5. The lowest BCUT2D eigenvalue weighted by molar-refractivity contribution is -0.136. The van der Waals surface area contributed by atoms with Crippen molar-refractivity contribution < 1.29 is 67.3 Å². The molecule has 20 heteroatoms. The number of rotatable bonds is 9. The van der Waals surface area contributed by atoms with E-state index in [9.17, 15) is 54.0 Å². The zero-order valence-corrected chi connectivity index (χ0v) is 19.5. The van der Waals surface area contributed by atoms with Gasteiger partial charge in [-0.2, -0.15) is 4.31 Å². The Kier molecular flexibility index (Phi) is 8.52. The molecule has 0 bridgehead atoms. The van der Waals surface area contributed by atoms with Gasteiger partial charge in [-0.1, -0.05) is 0 Å². The Morgan fingerprint density at radius 1 is 1.06 bits per heavy atom. The van der Waals surface area contributed by atoms with Crippen LogP contribution in [-0.4, -0.2) is 100 Å². The first kappa shape index (κ1) is 28.2. The summed E-state index contributed by atoms with van der Waals surface area (Å²) in [7, 11) is -10.9. The molecule has 0 radical (unpaired) electrons. The Hall–Kier alpha value is -1.34. The minimum Gasteiger partial charge on any atom is -0.391 e. The maximum absolute atomic E-state index is 12.1. The van der Waals surface area contributed by atoms with Crippen LogP contribution in [0.2, 0.25) is 0 Å². The summed E-state index contributed by atoms with van der Waals surface area (Å²) in [5, 5.41) is 49.3. The largest absolute Gasteiger partial charge is 0.483 e. The van der Waals surface area contributed by atoms with Gasteiger partial charge in [0.05, 0.1) is 12.7 Å². The Morgan fingerprint density at radius 2 is 1.71 bits per heavy atom. The highest BCUT2D eigenvalue weighted by Gasteiger charge is 2.50. The molecule has 2 fully saturated rings. The molecule has 18 nitrogen and oxygen atoms in total. The van der Waals surface area contributed by atoms with E-state index in [2.05, 4.69) is 13.4 Å². The molecule has 0 saturated carbocycles. The topological polar surface area (TPSA) is 277 Å². The second-order valence-electron chi connectivity index (χ2n) is 7.67. The minimum absolute atomic E-state index is 0.736. The molecular weight excluding hydrogens is 526 g/mol. The van der Waals surface area contributed by atoms with Crippen LogP contribution in [0.4, 0.5) is 0 Å². The van der Waals surface area contributed by atoms with Crippen molar-refractivity contribution in [1.29, 1.82) is 0 Å². The summed E-state index contributed by atoms with van der Waals surface area (Å²) in [5.74, 6) is 0. The molecule has 11 atom stereocenters. The minimum atomic E-state index is -5.49. The maximum Gasteiger partial charge on any atom is 0.483 e. The molecule has 3 heterocycles. The van der Waals surface area contributed by atoms with Crippen LogP contribution in [0.5, 0.6) is 0 Å². The Balaban J connectivity index is 1.60. The molecule has 0 amide bonds. The number of aromatic nitrogens is 2. The average molecular weight is 550 g/mol. The maximum atomic E-state index is 12.1. The third kappa shape index (κ3) is 6.51. The number of phosphoric ester groups is 2. The van der Waals surface area contributed by atoms with Gasteiger partial charge in [0.2, 0.25) is 0 Å². The second kappa shape index (κ2) is 10.6. The fourth-order valence-electron chi connectivity index (χ4n) is 3.35. The van der Waals surface area contributed by atoms with Gasteiger partial charge in [0, 0.05) is 12.3 Å². The predicted octanol–water partition coefficient (Wildman–Crippen LogP) is -3.77. The zero-order valence-electron chi connectivity index (χ0n) is 17.7. The summed E-state index contributed by atoms with van der Waals surface area (Å²) in [6, 6.07) is 0.940. The Morgan fingerprint density at radius 3 is 2.29 bits per heavy atom. The standard InChI is InChI=1S/C15H24N2O16P2/c1-5(18)12-9(21)11(23)14(31-12)32-35(27,28)33-34(25,26)29-4-6-8(20)10(22)13(30-6)17-3-2-7(19)16-15(17)24/h2-3,5-6,8-14,18,20-23H,4H2,1H3,(H,25,26)(H,27,28)(H,16,19,24)/t5?,6-,8-,9-,10-,11-,12+,13-,14-/m1/s1. The molecule has 3 rings (SSSR count). The van der Waals surface area contributed by atoms with Crippen LogP contribution in [-0.2, 0) is 32.0 Å². The van der Waals surface area contributed by atoms with Gasteiger partial charge in [0.1, 0.15) is 36.6 Å². The number of phosphoric acid groups is 2. The highest BCUT2D eigenvalue weighted by Crippen LogP contribution is 2.61. The van der Waals surface area contributed by atoms with Gasteiger partial charge in [-0.05, 0) is 6.92 Å². The summed E-state index contributed by atoms with van der Waals surface area (Å²) in [4.78, 5) is 44.5. The number of ether oxygens (including phenoxy) is 2. The van der Waals surface area contributed by atoms with E-state index < -0.39 is 88.7 Å². The number of H-pyrrole nitrogens is 1. The van der Waals surface area contributed by atoms with Crippen LogP contribution >= 0.6 is 15.6 Å². The molecular formula is C15H24N2O16P2. The third-order valence-corrected chi connectivity index (χ3v) is 7.64. The molecule has 3 unspecified atom stereocenters. The highest BCUT2D eigenvalue weighted by molar-refractivity contribution is 7.61. The van der Waals surface area contributed by atoms with Crippen LogP contribution in [0.25, 0.3) is 0 Å². The van der Waals surface area contributed by atoms with Gasteiger partial charge < -0.3 is 44.8 Å². The van der Waals surface area contributed by atoms with E-state index in [-0.39, 0.29) is 0 Å². The molecule has 0 aromatic carbocycles. The Labute approximate surface area is 195 Å². The van der Waals surface area contributed by atoms with Crippen molar-refractivity contribution in [3.8, 4) is 0 Å². The molecule has 200 valence electrons. The molecule has 2 saturated heterocycles. The lowest BCUT2D eigenvalue weighted by Gasteiger charge is -2.22. The lowest BCUT2D eigenvalue weighted by atomic mass is 10.1. The summed E-state index contributed by atoms with van der Waals surface area (Å²) in [6.45, 7) is 0.203. The van der Waals surface area contributed by atoms with Crippen molar-refractivity contribution >= 4 is 15.6 Å². The average Bonchev–Trinajstić information content (AvgIpc) is 3.16. The van der Waals surface area contributed by atoms with Gasteiger partial charge in [0.25, 0.3) is 5.56 Å². The summed E-state index contributed by atoms with van der Waals surface area (Å²) in [5.41, 5.74) is -1.72. The van der Waals surface area contributed by atoms with Gasteiger partial charge in [-0.3, -0.25) is 23.4 Å². The van der Waals surface area contributed by atoms with E-state index >= 15 is 0 Å². The van der Waals surface area contributed by atoms with Crippen LogP contribution in [0, 0.1) is 0 Å². The van der Waals surface area contributed by atoms with E-state index in [1.165, 1.54) is 6.92 Å². The van der Waals surface area contributed by atoms with Crippen molar-refractivity contribution in [3.63, 3.8) is 0 Å². The second-order valence-corrected chi connectivity index (χ2v) is 10.7. The first-order chi connectivity index (χ1) is 16.1. The van der Waals surface area contributed by atoms with E-state index in [0.29, 0.717) is 0 Å². The lowest BCUT2D eigenvalue weighted by Crippen LogP contribution is -2.37. The monoisotopic (exact) mass is 550 g/mol. The number of hydrogen-bond acceptors (Lipinski definition) is 14. The first-order valence-electron chi connectivity index (χ1n) is 9.84. The van der Waals surface area contributed by atoms with Gasteiger partial charge >= 0.3 is 21.3 Å². The first-order valence-corrected chi connectivity index (χ1v) is 12.8. The quantitative estimate of drug-likeness (QED) is 0.137. The number of aromatic amines is 1. The number of nitrogens with one attached hydrogen (secondary N) is 1. The number of nitrogens with zero attached hydrogens (tertiary/aromatic N) is 1. The van der Waals surface area contributed by atoms with Crippen molar-refractivity contribution in [2.75, 3.05) is 6.61 Å². The molecule has 1 aromatic rings. The summed E-state index contributed by atoms with van der Waals surface area (Å²) in [6.07, 6.45) is -14.0. The van der Waals surface area contributed by atoms with E-state index in [1.807, 2.05) is 4.98 Å². The molecule has 0 aliphatic carbocycles. The van der Waals surface area contributed by atoms with E-state index in [1.54, 1.807) is 0 Å². The Bertz CT molecular complexity index is 1110. The highest BCUT2D eigenvalue weighted by atomic mass is 31.3. The van der Waals surface area contributed by atoms with Crippen LogP contribution in [0.15, 0.2) is 21.9 Å². The smallest absolute Gasteiger partial charge is 0.391 e. The molecule has 0 spiro atoms. The predicted molar refractivity (Wildman–Crippen MR) is 107 cm³/mol. The van der Waals surface area contributed by atoms with Crippen molar-refractivity contribution in [1.82, 2.24) is 9.55 Å². The molecule has 35 heavy (non-hydrogen) atoms. The van der Waals surface area contributed by atoms with Gasteiger partial charge in [0.15, 0.2) is 12.5 Å². The van der Waals surface area contributed by atoms with Crippen molar-refractivity contribution in [2.45, 2.75) is 62.2 Å². The SMILES string of the molecule is CC(O)[C@@H]1O[C@H](OP(=O)(O)OP(=O)(O)OC[C@H]2O[C@@H](n3ccc(=O)[nH]c3=O)[C@H](O)[C@@H]2O)[C@H](O)[C@H]1O. The van der Waals surface area contributed by atoms with Crippen LogP contribution in [0.1, 0.15) is 13.2 Å². The van der Waals surface area contributed by atoms with E-state index in [0.717, 1.165) is 16.8 Å². The molecule has 2 aliphatic rings. The summed E-state index contributed by atoms with van der Waals surface area (Å²) < 4.78 is 48.2. The normalized spacial score (nSPS) is 37.6. The fraction of sp³-hybridized carbons (Fsp3) is 0.733. The number of aliphatic hydroxyl groups excluding tert-OH is 5. The van der Waals surface area contributed by atoms with E-state index in [4.69, 9.17) is 9.47 Å². The van der Waals surface area contributed by atoms with Crippen molar-refractivity contribution in [2.24, 2.45) is 0 Å². The van der Waals surface area contributed by atoms with Gasteiger partial charge in [-0.25, -0.2) is 13.9 Å². The molecule has 1 aromatic heterocycles. The zero-order chi connectivity index (χ0) is 26.3. The summed E-state index contributed by atoms with van der Waals surface area (Å²) >= 11 is 0. The van der Waals surface area contributed by atoms with Gasteiger partial charge in [-0.15, -0.1) is 0 Å². The van der Waals surface area contributed by atoms with Crippen molar-refractivity contribution in [3.05, 3.63) is 33.1 Å². The van der Waals surface area contributed by atoms with Crippen LogP contribution < -0.4 is 11.2 Å². The fourth-order valence-corrected chi connectivity index (χ4v) is 5.51. The van der Waals surface area contributed by atoms with Crippen LogP contribution in [0.3, 0.4) is 0 Å². The molecule has 8 N–H and O–H groups in total. The number of hydrogen-bond donors (Lipinski definition) is 8. The molecule has 2 aliphatic heterocycles. The third-order valence-electron chi connectivity index (χ3n) is 5.04.